The lowest BCUT2D eigenvalue weighted by Gasteiger charge is -2.22. The maximum Gasteiger partial charge on any atom is 0.237 e. The van der Waals surface area contributed by atoms with Gasteiger partial charge in [0.2, 0.25) is 11.8 Å². The third-order valence-electron chi connectivity index (χ3n) is 2.89. The van der Waals surface area contributed by atoms with E-state index in [2.05, 4.69) is 15.6 Å². The lowest BCUT2D eigenvalue weighted by atomic mass is 9.99. The number of hydrogen-bond donors (Lipinski definition) is 2. The maximum atomic E-state index is 12.0. The van der Waals surface area contributed by atoms with E-state index in [0.717, 1.165) is 25.9 Å². The van der Waals surface area contributed by atoms with Gasteiger partial charge in [0.15, 0.2) is 0 Å². The summed E-state index contributed by atoms with van der Waals surface area (Å²) < 4.78 is 5.09. The van der Waals surface area contributed by atoms with Gasteiger partial charge in [0.25, 0.3) is 0 Å². The standard InChI is InChI=1S/C12H17N3O2/c1-17-12-10(5-3-7-14-12)15-11(16)9-4-2-6-13-8-9/h3,5,7,9,13H,2,4,6,8H2,1H3,(H,15,16)/t9-/m0/s1. The molecule has 1 aliphatic heterocycles. The van der Waals surface area contributed by atoms with Crippen LogP contribution >= 0.6 is 0 Å². The first kappa shape index (κ1) is 11.9. The van der Waals surface area contributed by atoms with Crippen molar-refractivity contribution in [2.75, 3.05) is 25.5 Å². The van der Waals surface area contributed by atoms with Crippen LogP contribution in [0.5, 0.6) is 5.88 Å². The van der Waals surface area contributed by atoms with E-state index in [9.17, 15) is 4.79 Å². The van der Waals surface area contributed by atoms with Crippen LogP contribution in [0.2, 0.25) is 0 Å². The van der Waals surface area contributed by atoms with E-state index < -0.39 is 0 Å². The second kappa shape index (κ2) is 5.63. The zero-order valence-electron chi connectivity index (χ0n) is 9.90. The average molecular weight is 235 g/mol. The minimum Gasteiger partial charge on any atom is -0.480 e. The summed E-state index contributed by atoms with van der Waals surface area (Å²) in [5.74, 6) is 0.516. The minimum absolute atomic E-state index is 0.0310. The van der Waals surface area contributed by atoms with Crippen LogP contribution in [0, 0.1) is 5.92 Å². The number of carbonyl (C=O) groups excluding carboxylic acids is 1. The highest BCUT2D eigenvalue weighted by molar-refractivity contribution is 5.93. The van der Waals surface area contributed by atoms with Gasteiger partial charge in [-0.25, -0.2) is 4.98 Å². The molecule has 0 radical (unpaired) electrons. The summed E-state index contributed by atoms with van der Waals surface area (Å²) in [6, 6.07) is 3.57. The molecule has 1 saturated heterocycles. The molecular formula is C12H17N3O2. The molecule has 1 aliphatic rings. The van der Waals surface area contributed by atoms with Gasteiger partial charge in [0, 0.05) is 12.7 Å². The zero-order chi connectivity index (χ0) is 12.1. The van der Waals surface area contributed by atoms with Gasteiger partial charge < -0.3 is 15.4 Å². The monoisotopic (exact) mass is 235 g/mol. The second-order valence-electron chi connectivity index (χ2n) is 4.09. The number of hydrogen-bond acceptors (Lipinski definition) is 4. The molecule has 1 atom stereocenters. The topological polar surface area (TPSA) is 63.2 Å². The van der Waals surface area contributed by atoms with Crippen LogP contribution in [0.3, 0.4) is 0 Å². The minimum atomic E-state index is 0.0310. The van der Waals surface area contributed by atoms with Crippen molar-refractivity contribution < 1.29 is 9.53 Å². The molecule has 0 aromatic carbocycles. The molecule has 1 fully saturated rings. The first-order valence-corrected chi connectivity index (χ1v) is 5.82. The first-order chi connectivity index (χ1) is 8.31. The van der Waals surface area contributed by atoms with Gasteiger partial charge in [-0.1, -0.05) is 0 Å². The molecule has 1 aromatic rings. The molecule has 17 heavy (non-hydrogen) atoms. The molecular weight excluding hydrogens is 218 g/mol. The Morgan fingerprint density at radius 1 is 1.65 bits per heavy atom. The van der Waals surface area contributed by atoms with Gasteiger partial charge >= 0.3 is 0 Å². The van der Waals surface area contributed by atoms with Crippen molar-refractivity contribution in [2.24, 2.45) is 5.92 Å². The number of nitrogens with one attached hydrogen (secondary N) is 2. The Labute approximate surface area is 101 Å². The predicted octanol–water partition coefficient (Wildman–Crippen LogP) is 1.03. The van der Waals surface area contributed by atoms with Crippen LogP contribution in [-0.4, -0.2) is 31.1 Å². The molecule has 0 spiro atoms. The molecule has 1 aromatic heterocycles. The lowest BCUT2D eigenvalue weighted by molar-refractivity contribution is -0.120. The number of amides is 1. The number of aromatic nitrogens is 1. The molecule has 0 aliphatic carbocycles. The first-order valence-electron chi connectivity index (χ1n) is 5.82. The molecule has 2 N–H and O–H groups in total. The average Bonchev–Trinajstić information content (AvgIpc) is 2.40. The fraction of sp³-hybridized carbons (Fsp3) is 0.500. The van der Waals surface area contributed by atoms with E-state index in [-0.39, 0.29) is 11.8 Å². The SMILES string of the molecule is COc1ncccc1NC(=O)[C@H]1CCCNC1. The van der Waals surface area contributed by atoms with Crippen LogP contribution in [0.4, 0.5) is 5.69 Å². The normalized spacial score (nSPS) is 19.7. The van der Waals surface area contributed by atoms with Gasteiger partial charge in [0.05, 0.1) is 13.0 Å². The number of methoxy groups -OCH3 is 1. The number of ether oxygens (including phenoxy) is 1. The Bertz CT molecular complexity index is 389. The third kappa shape index (κ3) is 2.94. The third-order valence-corrected chi connectivity index (χ3v) is 2.89. The molecule has 1 amide bonds. The Morgan fingerprint density at radius 3 is 3.24 bits per heavy atom. The molecule has 0 unspecified atom stereocenters. The summed E-state index contributed by atoms with van der Waals surface area (Å²) in [5, 5.41) is 6.09. The van der Waals surface area contributed by atoms with E-state index in [1.807, 2.05) is 0 Å². The highest BCUT2D eigenvalue weighted by Gasteiger charge is 2.21. The Kier molecular flexibility index (Phi) is 3.93. The summed E-state index contributed by atoms with van der Waals surface area (Å²) >= 11 is 0. The largest absolute Gasteiger partial charge is 0.480 e. The summed E-state index contributed by atoms with van der Waals surface area (Å²) in [6.07, 6.45) is 3.61. The summed E-state index contributed by atoms with van der Waals surface area (Å²) in [4.78, 5) is 16.0. The van der Waals surface area contributed by atoms with Crippen molar-refractivity contribution in [3.05, 3.63) is 18.3 Å². The van der Waals surface area contributed by atoms with Crippen LogP contribution < -0.4 is 15.4 Å². The number of nitrogens with zero attached hydrogens (tertiary/aromatic N) is 1. The molecule has 2 rings (SSSR count). The van der Waals surface area contributed by atoms with E-state index in [0.29, 0.717) is 11.6 Å². The number of rotatable bonds is 3. The smallest absolute Gasteiger partial charge is 0.237 e. The van der Waals surface area contributed by atoms with Gasteiger partial charge in [-0.05, 0) is 31.5 Å². The highest BCUT2D eigenvalue weighted by Crippen LogP contribution is 2.21. The number of anilines is 1. The van der Waals surface area contributed by atoms with Crippen molar-refractivity contribution in [1.29, 1.82) is 0 Å². The maximum absolute atomic E-state index is 12.0. The zero-order valence-corrected chi connectivity index (χ0v) is 9.90. The van der Waals surface area contributed by atoms with Gasteiger partial charge in [-0.15, -0.1) is 0 Å². The van der Waals surface area contributed by atoms with E-state index in [4.69, 9.17) is 4.74 Å². The quantitative estimate of drug-likeness (QED) is 0.821. The molecule has 2 heterocycles. The van der Waals surface area contributed by atoms with Gasteiger partial charge in [0.1, 0.15) is 5.69 Å². The predicted molar refractivity (Wildman–Crippen MR) is 65.0 cm³/mol. The summed E-state index contributed by atoms with van der Waals surface area (Å²) in [5.41, 5.74) is 0.630. The Balaban J connectivity index is 2.01. The van der Waals surface area contributed by atoms with E-state index in [1.54, 1.807) is 25.4 Å². The van der Waals surface area contributed by atoms with Gasteiger partial charge in [-0.3, -0.25) is 4.79 Å². The fourth-order valence-electron chi connectivity index (χ4n) is 1.96. The van der Waals surface area contributed by atoms with Crippen LogP contribution in [0.25, 0.3) is 0 Å². The van der Waals surface area contributed by atoms with Crippen molar-refractivity contribution >= 4 is 11.6 Å². The summed E-state index contributed by atoms with van der Waals surface area (Å²) in [7, 11) is 1.54. The van der Waals surface area contributed by atoms with Crippen molar-refractivity contribution in [2.45, 2.75) is 12.8 Å². The van der Waals surface area contributed by atoms with Crippen LogP contribution in [0.1, 0.15) is 12.8 Å². The van der Waals surface area contributed by atoms with Crippen molar-refractivity contribution in [1.82, 2.24) is 10.3 Å². The van der Waals surface area contributed by atoms with Crippen LogP contribution in [-0.2, 0) is 4.79 Å². The number of piperidine rings is 1. The van der Waals surface area contributed by atoms with Crippen LogP contribution in [0.15, 0.2) is 18.3 Å². The number of carbonyl (C=O) groups is 1. The molecule has 0 bridgehead atoms. The molecule has 0 saturated carbocycles. The highest BCUT2D eigenvalue weighted by atomic mass is 16.5. The Hall–Kier alpha value is -1.62. The van der Waals surface area contributed by atoms with Gasteiger partial charge in [-0.2, -0.15) is 0 Å². The van der Waals surface area contributed by atoms with E-state index >= 15 is 0 Å². The van der Waals surface area contributed by atoms with E-state index in [1.165, 1.54) is 0 Å². The molecule has 5 nitrogen and oxygen atoms in total. The van der Waals surface area contributed by atoms with Crippen molar-refractivity contribution in [3.8, 4) is 5.88 Å². The lowest BCUT2D eigenvalue weighted by Crippen LogP contribution is -2.37. The van der Waals surface area contributed by atoms with Crippen molar-refractivity contribution in [3.63, 3.8) is 0 Å². The Morgan fingerprint density at radius 2 is 2.53 bits per heavy atom. The fourth-order valence-corrected chi connectivity index (χ4v) is 1.96. The second-order valence-corrected chi connectivity index (χ2v) is 4.09. The summed E-state index contributed by atoms with van der Waals surface area (Å²) in [6.45, 7) is 1.74. The number of pyridine rings is 1. The molecule has 5 heteroatoms. The molecule has 92 valence electrons.